The zero-order valence-corrected chi connectivity index (χ0v) is 5.81. The number of rotatable bonds is 1. The van der Waals surface area contributed by atoms with Gasteiger partial charge >= 0.3 is 0 Å². The molecule has 0 aliphatic heterocycles. The molecule has 1 aliphatic rings. The number of hydrogen-bond acceptors (Lipinski definition) is 3. The van der Waals surface area contributed by atoms with Crippen LogP contribution in [0.3, 0.4) is 0 Å². The number of nitrogens with one attached hydrogen (secondary N) is 1. The van der Waals surface area contributed by atoms with Gasteiger partial charge in [-0.25, -0.2) is 0 Å². The average Bonchev–Trinajstić information content (AvgIpc) is 1.94. The van der Waals surface area contributed by atoms with Gasteiger partial charge in [-0.2, -0.15) is 0 Å². The predicted octanol–water partition coefficient (Wildman–Crippen LogP) is 0.0217. The summed E-state index contributed by atoms with van der Waals surface area (Å²) in [4.78, 5) is 21.6. The normalized spacial score (nSPS) is 18.7. The molecule has 54 valence electrons. The molecule has 3 nitrogen and oxygen atoms in total. The fraction of sp³-hybridized carbons (Fsp3) is 0.429. The van der Waals surface area contributed by atoms with Gasteiger partial charge < -0.3 is 5.32 Å². The Balaban J connectivity index is 2.82. The summed E-state index contributed by atoms with van der Waals surface area (Å²) in [6.45, 7) is 0. The zero-order valence-electron chi connectivity index (χ0n) is 5.81. The molecule has 0 unspecified atom stereocenters. The van der Waals surface area contributed by atoms with Gasteiger partial charge in [0.2, 0.25) is 0 Å². The molecule has 0 bridgehead atoms. The lowest BCUT2D eigenvalue weighted by Crippen LogP contribution is -2.22. The third-order valence-corrected chi connectivity index (χ3v) is 1.47. The Morgan fingerprint density at radius 2 is 2.10 bits per heavy atom. The fourth-order valence-corrected chi connectivity index (χ4v) is 0.897. The Morgan fingerprint density at radius 1 is 1.40 bits per heavy atom. The van der Waals surface area contributed by atoms with E-state index in [1.54, 1.807) is 7.05 Å². The second-order valence-corrected chi connectivity index (χ2v) is 2.20. The average molecular weight is 139 g/mol. The molecule has 1 aliphatic carbocycles. The Bertz CT molecular complexity index is 206. The van der Waals surface area contributed by atoms with Gasteiger partial charge in [0.15, 0.2) is 11.6 Å². The van der Waals surface area contributed by atoms with Gasteiger partial charge in [0.1, 0.15) is 0 Å². The van der Waals surface area contributed by atoms with E-state index >= 15 is 0 Å². The van der Waals surface area contributed by atoms with Crippen LogP contribution < -0.4 is 5.32 Å². The quantitative estimate of drug-likeness (QED) is 0.557. The van der Waals surface area contributed by atoms with Crippen molar-refractivity contribution in [2.24, 2.45) is 0 Å². The van der Waals surface area contributed by atoms with E-state index in [0.29, 0.717) is 18.5 Å². The van der Waals surface area contributed by atoms with Gasteiger partial charge in [0, 0.05) is 26.0 Å². The molecule has 0 fully saturated rings. The summed E-state index contributed by atoms with van der Waals surface area (Å²) in [6, 6.07) is 0. The Morgan fingerprint density at radius 3 is 2.60 bits per heavy atom. The van der Waals surface area contributed by atoms with E-state index in [9.17, 15) is 9.59 Å². The smallest absolute Gasteiger partial charge is 0.179 e. The van der Waals surface area contributed by atoms with Crippen LogP contribution in [-0.2, 0) is 9.59 Å². The van der Waals surface area contributed by atoms with E-state index in [1.165, 1.54) is 6.08 Å². The van der Waals surface area contributed by atoms with Gasteiger partial charge in [0.25, 0.3) is 0 Å². The summed E-state index contributed by atoms with van der Waals surface area (Å²) >= 11 is 0. The molecule has 3 heteroatoms. The highest BCUT2D eigenvalue weighted by Crippen LogP contribution is 2.07. The minimum absolute atomic E-state index is 0.0297. The van der Waals surface area contributed by atoms with Crippen LogP contribution in [0.1, 0.15) is 12.8 Å². The van der Waals surface area contributed by atoms with Crippen molar-refractivity contribution < 1.29 is 9.59 Å². The van der Waals surface area contributed by atoms with Gasteiger partial charge in [-0.15, -0.1) is 0 Å². The van der Waals surface area contributed by atoms with Crippen molar-refractivity contribution in [2.45, 2.75) is 12.8 Å². The van der Waals surface area contributed by atoms with Crippen LogP contribution >= 0.6 is 0 Å². The lowest BCUT2D eigenvalue weighted by atomic mass is 10.0. The molecule has 0 saturated carbocycles. The first-order valence-corrected chi connectivity index (χ1v) is 3.19. The number of likely N-dealkylation sites (N-methyl/N-ethyl adjacent to an activating group) is 1. The molecule has 0 aromatic carbocycles. The molecule has 0 radical (unpaired) electrons. The second-order valence-electron chi connectivity index (χ2n) is 2.20. The molecule has 10 heavy (non-hydrogen) atoms. The van der Waals surface area contributed by atoms with E-state index in [4.69, 9.17) is 0 Å². The van der Waals surface area contributed by atoms with Crippen molar-refractivity contribution in [3.05, 3.63) is 11.8 Å². The maximum absolute atomic E-state index is 10.9. The number of carbonyl (C=O) groups excluding carboxylic acids is 2. The van der Waals surface area contributed by atoms with E-state index < -0.39 is 0 Å². The summed E-state index contributed by atoms with van der Waals surface area (Å²) in [5.41, 5.74) is 0.441. The van der Waals surface area contributed by atoms with Crippen LogP contribution in [0.5, 0.6) is 0 Å². The van der Waals surface area contributed by atoms with Gasteiger partial charge in [0.05, 0.1) is 5.70 Å². The highest BCUT2D eigenvalue weighted by molar-refractivity contribution is 6.07. The molecule has 0 atom stereocenters. The van der Waals surface area contributed by atoms with E-state index in [0.717, 1.165) is 0 Å². The van der Waals surface area contributed by atoms with Crippen LogP contribution in [0.15, 0.2) is 11.8 Å². The monoisotopic (exact) mass is 139 g/mol. The van der Waals surface area contributed by atoms with Gasteiger partial charge in [-0.05, 0) is 0 Å². The summed E-state index contributed by atoms with van der Waals surface area (Å²) in [5.74, 6) is 0.0612. The molecule has 0 aromatic rings. The first-order chi connectivity index (χ1) is 4.74. The molecular formula is C7H9NO2. The molecule has 0 aromatic heterocycles. The highest BCUT2D eigenvalue weighted by atomic mass is 16.1. The number of carbonyl (C=O) groups is 2. The molecule has 0 spiro atoms. The summed E-state index contributed by atoms with van der Waals surface area (Å²) in [5, 5.41) is 2.67. The second kappa shape index (κ2) is 2.64. The lowest BCUT2D eigenvalue weighted by Gasteiger charge is -2.08. The number of hydrogen-bond donors (Lipinski definition) is 1. The molecule has 1 rings (SSSR count). The fourth-order valence-electron chi connectivity index (χ4n) is 0.897. The summed E-state index contributed by atoms with van der Waals surface area (Å²) in [6.07, 6.45) is 2.08. The molecular weight excluding hydrogens is 130 g/mol. The third kappa shape index (κ3) is 1.23. The molecule has 0 amide bonds. The van der Waals surface area contributed by atoms with Crippen molar-refractivity contribution in [1.82, 2.24) is 5.32 Å². The first-order valence-electron chi connectivity index (χ1n) is 3.19. The number of Topliss-reactive ketones (excluding diaryl/α,β-unsaturated/α-hetero) is 1. The van der Waals surface area contributed by atoms with Crippen LogP contribution in [0.2, 0.25) is 0 Å². The van der Waals surface area contributed by atoms with E-state index in [2.05, 4.69) is 5.32 Å². The molecule has 1 N–H and O–H groups in total. The lowest BCUT2D eigenvalue weighted by molar-refractivity contribution is -0.122. The summed E-state index contributed by atoms with van der Waals surface area (Å²) in [7, 11) is 1.64. The van der Waals surface area contributed by atoms with Crippen LogP contribution in [0.4, 0.5) is 0 Å². The number of ketones is 2. The standard InChI is InChI=1S/C7H9NO2/c1-8-6-4-5(9)2-3-7(6)10/h4,8H,2-3H2,1H3. The molecule has 0 heterocycles. The Kier molecular flexibility index (Phi) is 1.85. The Labute approximate surface area is 59.1 Å². The van der Waals surface area contributed by atoms with Crippen molar-refractivity contribution in [3.63, 3.8) is 0 Å². The zero-order chi connectivity index (χ0) is 7.56. The van der Waals surface area contributed by atoms with Crippen LogP contribution in [-0.4, -0.2) is 18.6 Å². The van der Waals surface area contributed by atoms with E-state index in [1.807, 2.05) is 0 Å². The van der Waals surface area contributed by atoms with Crippen molar-refractivity contribution in [2.75, 3.05) is 7.05 Å². The maximum Gasteiger partial charge on any atom is 0.179 e. The third-order valence-electron chi connectivity index (χ3n) is 1.47. The largest absolute Gasteiger partial charge is 0.385 e. The minimum atomic E-state index is 0.0297. The predicted molar refractivity (Wildman–Crippen MR) is 36.4 cm³/mol. The van der Waals surface area contributed by atoms with Gasteiger partial charge in [-0.3, -0.25) is 9.59 Å². The van der Waals surface area contributed by atoms with E-state index in [-0.39, 0.29) is 11.6 Å². The first kappa shape index (κ1) is 6.99. The highest BCUT2D eigenvalue weighted by Gasteiger charge is 2.16. The van der Waals surface area contributed by atoms with Gasteiger partial charge in [-0.1, -0.05) is 0 Å². The SMILES string of the molecule is CNC1=CC(=O)CCC1=O. The summed E-state index contributed by atoms with van der Waals surface area (Å²) < 4.78 is 0. The van der Waals surface area contributed by atoms with Crippen molar-refractivity contribution >= 4 is 11.6 Å². The van der Waals surface area contributed by atoms with Crippen LogP contribution in [0, 0.1) is 0 Å². The maximum atomic E-state index is 10.9. The Hall–Kier alpha value is -1.12. The van der Waals surface area contributed by atoms with Crippen molar-refractivity contribution in [1.29, 1.82) is 0 Å². The number of allylic oxidation sites excluding steroid dienone is 2. The van der Waals surface area contributed by atoms with Crippen LogP contribution in [0.25, 0.3) is 0 Å². The molecule has 0 saturated heterocycles. The minimum Gasteiger partial charge on any atom is -0.385 e. The topological polar surface area (TPSA) is 46.2 Å². The van der Waals surface area contributed by atoms with Crippen molar-refractivity contribution in [3.8, 4) is 0 Å².